The van der Waals surface area contributed by atoms with Crippen LogP contribution < -0.4 is 4.74 Å². The van der Waals surface area contributed by atoms with Crippen LogP contribution in [-0.2, 0) is 9.53 Å². The quantitative estimate of drug-likeness (QED) is 0.769. The minimum atomic E-state index is -0.818. The molecule has 28 heavy (non-hydrogen) atoms. The number of carboxylic acids is 1. The molecule has 3 rings (SSSR count). The van der Waals surface area contributed by atoms with Crippen LogP contribution in [0.2, 0.25) is 0 Å². The molecular formula is C21H30N2O5. The van der Waals surface area contributed by atoms with Crippen LogP contribution >= 0.6 is 0 Å². The number of carboxylic acid groups (broad SMARTS) is 1. The van der Waals surface area contributed by atoms with Crippen molar-refractivity contribution in [2.75, 3.05) is 39.9 Å². The molecule has 2 fully saturated rings. The summed E-state index contributed by atoms with van der Waals surface area (Å²) in [7, 11) is 1.84. The maximum atomic E-state index is 12.8. The van der Waals surface area contributed by atoms with E-state index in [4.69, 9.17) is 14.6 Å². The average molecular weight is 390 g/mol. The Kier molecular flexibility index (Phi) is 7.28. The number of rotatable bonds is 7. The molecule has 1 aromatic rings. The van der Waals surface area contributed by atoms with Gasteiger partial charge in [-0.25, -0.2) is 0 Å². The Balaban J connectivity index is 1.51. The van der Waals surface area contributed by atoms with E-state index in [0.717, 1.165) is 44.5 Å². The molecule has 1 N–H and O–H groups in total. The van der Waals surface area contributed by atoms with E-state index in [9.17, 15) is 9.59 Å². The maximum Gasteiger partial charge on any atom is 0.317 e. The van der Waals surface area contributed by atoms with Crippen molar-refractivity contribution in [2.24, 2.45) is 0 Å². The first-order valence-corrected chi connectivity index (χ1v) is 10.1. The molecule has 2 aliphatic rings. The predicted octanol–water partition coefficient (Wildman–Crippen LogP) is 2.26. The van der Waals surface area contributed by atoms with Crippen LogP contribution in [0.4, 0.5) is 0 Å². The minimum absolute atomic E-state index is 0.0206. The summed E-state index contributed by atoms with van der Waals surface area (Å²) in [5.41, 5.74) is 0.654. The molecule has 2 atom stereocenters. The number of likely N-dealkylation sites (tertiary alicyclic amines) is 1. The number of ether oxygens (including phenoxy) is 2. The molecule has 0 radical (unpaired) electrons. The molecule has 154 valence electrons. The predicted molar refractivity (Wildman–Crippen MR) is 105 cm³/mol. The number of amides is 1. The number of likely N-dealkylation sites (N-methyl/N-ethyl adjacent to an activating group) is 1. The Hall–Kier alpha value is -2.12. The first kappa shape index (κ1) is 20.6. The van der Waals surface area contributed by atoms with Crippen molar-refractivity contribution in [2.45, 2.75) is 44.2 Å². The van der Waals surface area contributed by atoms with E-state index in [-0.39, 0.29) is 24.6 Å². The molecule has 0 saturated carbocycles. The molecule has 2 heterocycles. The van der Waals surface area contributed by atoms with E-state index in [2.05, 4.69) is 0 Å². The van der Waals surface area contributed by atoms with E-state index in [1.165, 1.54) is 0 Å². The van der Waals surface area contributed by atoms with Crippen LogP contribution in [0.3, 0.4) is 0 Å². The van der Waals surface area contributed by atoms with Crippen molar-refractivity contribution in [1.82, 2.24) is 9.80 Å². The Morgan fingerprint density at radius 3 is 2.64 bits per heavy atom. The molecule has 7 heteroatoms. The number of carbonyl (C=O) groups excluding carboxylic acids is 1. The van der Waals surface area contributed by atoms with Gasteiger partial charge in [-0.15, -0.1) is 0 Å². The van der Waals surface area contributed by atoms with Gasteiger partial charge in [-0.05, 0) is 63.4 Å². The van der Waals surface area contributed by atoms with E-state index >= 15 is 0 Å². The zero-order chi connectivity index (χ0) is 19.9. The highest BCUT2D eigenvalue weighted by molar-refractivity contribution is 5.94. The highest BCUT2D eigenvalue weighted by atomic mass is 16.5. The second-order valence-corrected chi connectivity index (χ2v) is 7.66. The normalized spacial score (nSPS) is 22.9. The fourth-order valence-electron chi connectivity index (χ4n) is 3.91. The highest BCUT2D eigenvalue weighted by Crippen LogP contribution is 2.20. The molecule has 2 saturated heterocycles. The molecular weight excluding hydrogens is 360 g/mol. The summed E-state index contributed by atoms with van der Waals surface area (Å²) in [6, 6.07) is 7.49. The van der Waals surface area contributed by atoms with E-state index in [1.807, 2.05) is 41.1 Å². The van der Waals surface area contributed by atoms with Crippen LogP contribution in [0.15, 0.2) is 24.3 Å². The molecule has 0 aliphatic carbocycles. The van der Waals surface area contributed by atoms with Gasteiger partial charge in [0, 0.05) is 31.3 Å². The summed E-state index contributed by atoms with van der Waals surface area (Å²) in [4.78, 5) is 27.5. The van der Waals surface area contributed by atoms with Crippen LogP contribution in [0.1, 0.15) is 42.5 Å². The van der Waals surface area contributed by atoms with Gasteiger partial charge in [0.05, 0.1) is 12.6 Å². The zero-order valence-corrected chi connectivity index (χ0v) is 16.5. The number of nitrogens with zero attached hydrogens (tertiary/aromatic N) is 2. The maximum absolute atomic E-state index is 12.8. The number of hydrogen-bond donors (Lipinski definition) is 1. The van der Waals surface area contributed by atoms with E-state index in [1.54, 1.807) is 0 Å². The summed E-state index contributed by atoms with van der Waals surface area (Å²) in [6.45, 7) is 2.74. The average Bonchev–Trinajstić information content (AvgIpc) is 3.08. The highest BCUT2D eigenvalue weighted by Gasteiger charge is 2.24. The first-order valence-electron chi connectivity index (χ1n) is 10.1. The van der Waals surface area contributed by atoms with Crippen LogP contribution in [0, 0.1) is 0 Å². The number of carbonyl (C=O) groups is 2. The Labute approximate surface area is 166 Å². The molecule has 0 spiro atoms. The van der Waals surface area contributed by atoms with E-state index < -0.39 is 5.97 Å². The minimum Gasteiger partial charge on any atom is -0.491 e. The van der Waals surface area contributed by atoms with Crippen molar-refractivity contribution >= 4 is 11.9 Å². The largest absolute Gasteiger partial charge is 0.491 e. The number of aliphatic carboxylic acids is 1. The fourth-order valence-corrected chi connectivity index (χ4v) is 3.91. The first-order chi connectivity index (χ1) is 13.5. The van der Waals surface area contributed by atoms with Gasteiger partial charge in [-0.1, -0.05) is 0 Å². The summed E-state index contributed by atoms with van der Waals surface area (Å²) in [6.07, 6.45) is 4.87. The smallest absolute Gasteiger partial charge is 0.317 e. The Bertz CT molecular complexity index is 657. The van der Waals surface area contributed by atoms with Gasteiger partial charge in [0.1, 0.15) is 12.4 Å². The van der Waals surface area contributed by atoms with Gasteiger partial charge in [0.2, 0.25) is 0 Å². The van der Waals surface area contributed by atoms with Crippen LogP contribution in [0.25, 0.3) is 0 Å². The lowest BCUT2D eigenvalue weighted by atomic mass is 10.1. The molecule has 2 unspecified atom stereocenters. The van der Waals surface area contributed by atoms with Gasteiger partial charge in [0.25, 0.3) is 5.91 Å². The molecule has 2 aliphatic heterocycles. The third-order valence-electron chi connectivity index (χ3n) is 5.55. The van der Waals surface area contributed by atoms with Crippen LogP contribution in [-0.4, -0.2) is 78.8 Å². The lowest BCUT2D eigenvalue weighted by Gasteiger charge is -2.25. The van der Waals surface area contributed by atoms with Crippen molar-refractivity contribution in [3.8, 4) is 5.75 Å². The fraction of sp³-hybridized carbons (Fsp3) is 0.619. The van der Waals surface area contributed by atoms with Crippen molar-refractivity contribution in [3.05, 3.63) is 29.8 Å². The molecule has 7 nitrogen and oxygen atoms in total. The molecule has 1 amide bonds. The molecule has 0 bridgehead atoms. The lowest BCUT2D eigenvalue weighted by molar-refractivity contribution is -0.138. The zero-order valence-electron chi connectivity index (χ0n) is 16.5. The Morgan fingerprint density at radius 1 is 1.18 bits per heavy atom. The van der Waals surface area contributed by atoms with Gasteiger partial charge in [-0.2, -0.15) is 0 Å². The van der Waals surface area contributed by atoms with Gasteiger partial charge >= 0.3 is 5.97 Å². The number of benzene rings is 1. The second-order valence-electron chi connectivity index (χ2n) is 7.66. The summed E-state index contributed by atoms with van der Waals surface area (Å²) >= 11 is 0. The lowest BCUT2D eigenvalue weighted by Crippen LogP contribution is -2.37. The SMILES string of the molecule is CN(CC(=O)O)C1CCCN(C(=O)c2ccc(OCC3CCCO3)cc2)CC1. The van der Waals surface area contributed by atoms with Crippen molar-refractivity contribution in [3.63, 3.8) is 0 Å². The van der Waals surface area contributed by atoms with Crippen molar-refractivity contribution in [1.29, 1.82) is 0 Å². The third kappa shape index (κ3) is 5.69. The summed E-state index contributed by atoms with van der Waals surface area (Å²) < 4.78 is 11.3. The summed E-state index contributed by atoms with van der Waals surface area (Å²) in [5.74, 6) is -0.0491. The third-order valence-corrected chi connectivity index (χ3v) is 5.55. The standard InChI is InChI=1S/C21H30N2O5/c1-22(14-20(24)25)17-4-2-11-23(12-10-17)21(26)16-6-8-18(9-7-16)28-15-19-5-3-13-27-19/h6-9,17,19H,2-5,10-15H2,1H3,(H,24,25). The molecule has 1 aromatic carbocycles. The number of hydrogen-bond acceptors (Lipinski definition) is 5. The van der Waals surface area contributed by atoms with Gasteiger partial charge in [0.15, 0.2) is 0 Å². The van der Waals surface area contributed by atoms with Gasteiger partial charge in [-0.3, -0.25) is 14.5 Å². The monoisotopic (exact) mass is 390 g/mol. The van der Waals surface area contributed by atoms with Crippen LogP contribution in [0.5, 0.6) is 5.75 Å². The van der Waals surface area contributed by atoms with Crippen molar-refractivity contribution < 1.29 is 24.2 Å². The topological polar surface area (TPSA) is 79.3 Å². The summed E-state index contributed by atoms with van der Waals surface area (Å²) in [5, 5.41) is 8.97. The van der Waals surface area contributed by atoms with E-state index in [0.29, 0.717) is 25.3 Å². The second kappa shape index (κ2) is 9.89. The molecule has 0 aromatic heterocycles. The Morgan fingerprint density at radius 2 is 1.96 bits per heavy atom. The van der Waals surface area contributed by atoms with Gasteiger partial charge < -0.3 is 19.5 Å².